The topological polar surface area (TPSA) is 13.1 Å². The number of fused-ring (bicyclic) bond motifs is 17. The number of rotatable bonds is 14. The maximum absolute atomic E-state index is 2.52. The van der Waals surface area contributed by atoms with Gasteiger partial charge in [-0.3, -0.25) is 0 Å². The van der Waals surface area contributed by atoms with Crippen molar-refractivity contribution < 1.29 is 0 Å². The van der Waals surface area contributed by atoms with Gasteiger partial charge in [-0.1, -0.05) is 419 Å². The lowest BCUT2D eigenvalue weighted by Gasteiger charge is -2.35. The van der Waals surface area contributed by atoms with Crippen LogP contribution < -0.4 is 4.90 Å². The fourth-order valence-electron chi connectivity index (χ4n) is 21.4. The van der Waals surface area contributed by atoms with Crippen LogP contribution in [-0.2, 0) is 17.3 Å². The zero-order chi connectivity index (χ0) is 83.2. The van der Waals surface area contributed by atoms with Gasteiger partial charge in [-0.05, 0) is 206 Å². The third kappa shape index (κ3) is 11.9. The molecular formula is C123H83N3. The van der Waals surface area contributed by atoms with E-state index in [0.29, 0.717) is 0 Å². The molecule has 25 rings (SSSR count). The molecule has 0 bridgehead atoms. The molecule has 2 aliphatic rings. The molecule has 21 aromatic carbocycles. The standard InChI is InChI=1S/C69H46N2.C54H37N/c1-4-19-47(20-5-1)51-26-18-29-54(43-51)69(53-27-8-3-9-28-53)64-33-16-14-32-60(64)61-41-38-56(45-65(61)69)70(55-37-35-48-21-10-11-25-52(48)44-55)57-39-42-62-63-40-36-50-24-12-13-31-59(50)68(63)71(67(62)46-57)66-34-17-15-30-58(66)49-22-6-2-7-23-49;1-4-15-39(16-5-1)41-18-14-21-43(36-41)54(42-19-6-2-7-20-42)50-26-13-12-25-46(50)47-30-27-37(34-51(47)54)33-38-28-31-48-49-32-29-40-17-10-11-24-45(40)53(49)55(52(48)35-38)44-22-8-3-9-23-44/h1-46H;1-32,34-36H,33H2. The van der Waals surface area contributed by atoms with Crippen molar-refractivity contribution >= 4 is 93.0 Å². The van der Waals surface area contributed by atoms with Crippen LogP contribution in [0.5, 0.6) is 0 Å². The van der Waals surface area contributed by atoms with Crippen molar-refractivity contribution in [3.05, 3.63) is 547 Å². The lowest BCUT2D eigenvalue weighted by molar-refractivity contribution is 0.767. The van der Waals surface area contributed by atoms with Gasteiger partial charge in [0.05, 0.1) is 38.6 Å². The molecule has 590 valence electrons. The van der Waals surface area contributed by atoms with Gasteiger partial charge in [-0.25, -0.2) is 0 Å². The van der Waals surface area contributed by atoms with Gasteiger partial charge in [0.2, 0.25) is 0 Å². The second-order valence-corrected chi connectivity index (χ2v) is 33.7. The Hall–Kier alpha value is -16.2. The first-order chi connectivity index (χ1) is 62.5. The lowest BCUT2D eigenvalue weighted by Crippen LogP contribution is -2.29. The number of aromatic nitrogens is 2. The minimum Gasteiger partial charge on any atom is -0.310 e. The van der Waals surface area contributed by atoms with Crippen LogP contribution in [0.3, 0.4) is 0 Å². The van der Waals surface area contributed by atoms with Crippen molar-refractivity contribution in [3.63, 3.8) is 0 Å². The lowest BCUT2D eigenvalue weighted by atomic mass is 9.67. The quantitative estimate of drug-likeness (QED) is 0.106. The summed E-state index contributed by atoms with van der Waals surface area (Å²) < 4.78 is 4.99. The fourth-order valence-corrected chi connectivity index (χ4v) is 21.4. The third-order valence-corrected chi connectivity index (χ3v) is 26.9. The molecular weight excluding hydrogens is 1520 g/mol. The van der Waals surface area contributed by atoms with E-state index in [-0.39, 0.29) is 0 Å². The van der Waals surface area contributed by atoms with Crippen LogP contribution >= 0.6 is 0 Å². The predicted octanol–water partition coefficient (Wildman–Crippen LogP) is 31.8. The molecule has 0 saturated carbocycles. The summed E-state index contributed by atoms with van der Waals surface area (Å²) in [5.74, 6) is 0. The predicted molar refractivity (Wildman–Crippen MR) is 529 cm³/mol. The Morgan fingerprint density at radius 3 is 1.17 bits per heavy atom. The van der Waals surface area contributed by atoms with Gasteiger partial charge < -0.3 is 14.0 Å². The molecule has 2 heterocycles. The Kier molecular flexibility index (Phi) is 17.8. The molecule has 2 aromatic heterocycles. The molecule has 126 heavy (non-hydrogen) atoms. The number of benzene rings is 21. The maximum Gasteiger partial charge on any atom is 0.0714 e. The van der Waals surface area contributed by atoms with E-state index in [1.165, 1.54) is 187 Å². The van der Waals surface area contributed by atoms with E-state index in [2.05, 4.69) is 505 Å². The highest BCUT2D eigenvalue weighted by Gasteiger charge is 2.48. The van der Waals surface area contributed by atoms with Gasteiger partial charge in [0, 0.05) is 60.6 Å². The highest BCUT2D eigenvalue weighted by atomic mass is 15.1. The average Bonchev–Trinajstić information content (AvgIpc) is 1.54. The highest BCUT2D eigenvalue weighted by molar-refractivity contribution is 6.21. The highest BCUT2D eigenvalue weighted by Crippen LogP contribution is 2.60. The zero-order valence-electron chi connectivity index (χ0n) is 69.3. The number of hydrogen-bond donors (Lipinski definition) is 0. The Labute approximate surface area is 733 Å². The summed E-state index contributed by atoms with van der Waals surface area (Å²) in [6, 6.07) is 182. The molecule has 2 atom stereocenters. The van der Waals surface area contributed by atoms with Crippen molar-refractivity contribution in [3.8, 4) is 67.0 Å². The Bertz CT molecular complexity index is 8170. The summed E-state index contributed by atoms with van der Waals surface area (Å²) in [6.07, 6.45) is 0.825. The average molecular weight is 1600 g/mol. The molecule has 0 fully saturated rings. The van der Waals surface area contributed by atoms with Crippen molar-refractivity contribution in [1.29, 1.82) is 0 Å². The molecule has 2 aliphatic carbocycles. The maximum atomic E-state index is 2.52. The van der Waals surface area contributed by atoms with Crippen molar-refractivity contribution in [2.45, 2.75) is 17.3 Å². The summed E-state index contributed by atoms with van der Waals surface area (Å²) in [4.78, 5) is 2.48. The largest absolute Gasteiger partial charge is 0.310 e. The van der Waals surface area contributed by atoms with Crippen LogP contribution in [0.1, 0.15) is 55.6 Å². The summed E-state index contributed by atoms with van der Waals surface area (Å²) >= 11 is 0. The van der Waals surface area contributed by atoms with Gasteiger partial charge in [0.1, 0.15) is 0 Å². The Balaban J connectivity index is 0.000000146. The molecule has 23 aromatic rings. The minimum absolute atomic E-state index is 0.473. The summed E-state index contributed by atoms with van der Waals surface area (Å²) in [5, 5.41) is 12.4. The minimum atomic E-state index is -0.609. The SMILES string of the molecule is c1ccc(-c2cccc(C3(c4ccccc4)c4ccccc4-c4ccc(Cc5ccc6c7ccc8ccccc8c7n(-c7ccccc7)c6c5)cc43)c2)cc1.c1ccc(-c2cccc(C3(c4ccccc4)c4ccccc4-c4ccc(N(c5ccc6ccccc6c5)c5ccc6c7ccc8ccccc8c7n(-c7ccccc7-c7ccccc7)c6c5)cc43)c2)cc1. The van der Waals surface area contributed by atoms with Crippen molar-refractivity contribution in [2.75, 3.05) is 4.90 Å². The van der Waals surface area contributed by atoms with E-state index in [1.54, 1.807) is 0 Å². The Morgan fingerprint density at radius 1 is 0.198 bits per heavy atom. The molecule has 2 unspecified atom stereocenters. The molecule has 0 amide bonds. The van der Waals surface area contributed by atoms with Crippen LogP contribution in [-0.4, -0.2) is 9.13 Å². The van der Waals surface area contributed by atoms with Gasteiger partial charge >= 0.3 is 0 Å². The Morgan fingerprint density at radius 2 is 0.579 bits per heavy atom. The van der Waals surface area contributed by atoms with E-state index in [0.717, 1.165) is 34.7 Å². The molecule has 0 spiro atoms. The first-order valence-electron chi connectivity index (χ1n) is 43.8. The summed E-state index contributed by atoms with van der Waals surface area (Å²) in [6.45, 7) is 0. The molecule has 0 aliphatic heterocycles. The van der Waals surface area contributed by atoms with Crippen molar-refractivity contribution in [1.82, 2.24) is 9.13 Å². The molecule has 0 saturated heterocycles. The van der Waals surface area contributed by atoms with Crippen LogP contribution in [0.15, 0.2) is 491 Å². The van der Waals surface area contributed by atoms with Crippen molar-refractivity contribution in [2.24, 2.45) is 0 Å². The second kappa shape index (κ2) is 30.4. The molecule has 3 heteroatoms. The zero-order valence-corrected chi connectivity index (χ0v) is 69.3. The number of hydrogen-bond acceptors (Lipinski definition) is 1. The first kappa shape index (κ1) is 73.7. The number of anilines is 3. The van der Waals surface area contributed by atoms with Gasteiger partial charge in [0.25, 0.3) is 0 Å². The molecule has 0 N–H and O–H groups in total. The number of para-hydroxylation sites is 2. The second-order valence-electron chi connectivity index (χ2n) is 33.7. The normalized spacial score (nSPS) is 14.3. The van der Waals surface area contributed by atoms with E-state index < -0.39 is 10.8 Å². The van der Waals surface area contributed by atoms with Crippen LogP contribution in [0, 0.1) is 0 Å². The van der Waals surface area contributed by atoms with E-state index in [4.69, 9.17) is 0 Å². The smallest absolute Gasteiger partial charge is 0.0714 e. The van der Waals surface area contributed by atoms with Crippen LogP contribution in [0.4, 0.5) is 17.1 Å². The van der Waals surface area contributed by atoms with E-state index in [1.807, 2.05) is 0 Å². The summed E-state index contributed by atoms with van der Waals surface area (Å²) in [5.41, 5.74) is 34.5. The number of nitrogens with zero attached hydrogens (tertiary/aromatic N) is 3. The molecule has 0 radical (unpaired) electrons. The van der Waals surface area contributed by atoms with E-state index in [9.17, 15) is 0 Å². The van der Waals surface area contributed by atoms with E-state index >= 15 is 0 Å². The van der Waals surface area contributed by atoms with Gasteiger partial charge in [-0.15, -0.1) is 0 Å². The fraction of sp³-hybridized carbons (Fsp3) is 0.0244. The van der Waals surface area contributed by atoms with Gasteiger partial charge in [0.15, 0.2) is 0 Å². The summed E-state index contributed by atoms with van der Waals surface area (Å²) in [7, 11) is 0. The molecule has 3 nitrogen and oxygen atoms in total. The third-order valence-electron chi connectivity index (χ3n) is 26.9. The van der Waals surface area contributed by atoms with Crippen LogP contribution in [0.2, 0.25) is 0 Å². The first-order valence-corrected chi connectivity index (χ1v) is 43.8. The monoisotopic (exact) mass is 1600 g/mol. The van der Waals surface area contributed by atoms with Gasteiger partial charge in [-0.2, -0.15) is 0 Å². The van der Waals surface area contributed by atoms with Crippen LogP contribution in [0.25, 0.3) is 143 Å².